The van der Waals surface area contributed by atoms with Gasteiger partial charge in [-0.2, -0.15) is 4.31 Å². The van der Waals surface area contributed by atoms with Crippen molar-refractivity contribution in [3.05, 3.63) is 24.3 Å². The van der Waals surface area contributed by atoms with Crippen LogP contribution in [0, 0.1) is 5.92 Å². The summed E-state index contributed by atoms with van der Waals surface area (Å²) in [5.41, 5.74) is -0.223. The Balaban J connectivity index is 1.27. The summed E-state index contributed by atoms with van der Waals surface area (Å²) < 4.78 is 27.2. The maximum atomic E-state index is 12.9. The number of carbonyl (C=O) groups excluding carboxylic acids is 3. The van der Waals surface area contributed by atoms with E-state index in [1.54, 1.807) is 12.1 Å². The fourth-order valence-electron chi connectivity index (χ4n) is 5.04. The average molecular weight is 477 g/mol. The molecule has 1 aliphatic carbocycles. The number of urea groups is 1. The second-order valence-electron chi connectivity index (χ2n) is 9.46. The zero-order valence-electron chi connectivity index (χ0n) is 19.0. The SMILES string of the molecule is C[C@@H]1CCCN(S(=O)(=O)c2ccc(NC(=O)CCCN3C(=O)NC4(CCCC4)C3=O)cc2)C1. The molecule has 2 saturated heterocycles. The molecule has 9 nitrogen and oxygen atoms in total. The maximum Gasteiger partial charge on any atom is 0.325 e. The van der Waals surface area contributed by atoms with Crippen molar-refractivity contribution in [2.24, 2.45) is 5.92 Å². The lowest BCUT2D eigenvalue weighted by Crippen LogP contribution is -2.44. The smallest absolute Gasteiger partial charge is 0.325 e. The number of carbonyl (C=O) groups is 3. The van der Waals surface area contributed by atoms with E-state index < -0.39 is 15.6 Å². The van der Waals surface area contributed by atoms with Crippen LogP contribution in [0.15, 0.2) is 29.2 Å². The first kappa shape index (κ1) is 23.7. The molecule has 0 bridgehead atoms. The average Bonchev–Trinajstić information content (AvgIpc) is 3.34. The van der Waals surface area contributed by atoms with E-state index in [1.165, 1.54) is 21.3 Å². The normalized spacial score (nSPS) is 23.2. The number of sulfonamides is 1. The van der Waals surface area contributed by atoms with Gasteiger partial charge in [0.05, 0.1) is 4.90 Å². The zero-order valence-corrected chi connectivity index (χ0v) is 19.8. The number of imide groups is 1. The molecule has 1 aromatic carbocycles. The second kappa shape index (κ2) is 9.42. The second-order valence-corrected chi connectivity index (χ2v) is 11.4. The third-order valence-corrected chi connectivity index (χ3v) is 8.76. The van der Waals surface area contributed by atoms with Crippen LogP contribution in [0.2, 0.25) is 0 Å². The highest BCUT2D eigenvalue weighted by molar-refractivity contribution is 7.89. The first-order valence-corrected chi connectivity index (χ1v) is 13.2. The molecule has 2 aliphatic heterocycles. The number of amides is 4. The minimum Gasteiger partial charge on any atom is -0.326 e. The van der Waals surface area contributed by atoms with Crippen molar-refractivity contribution in [3.8, 4) is 0 Å². The summed E-state index contributed by atoms with van der Waals surface area (Å²) in [5, 5.41) is 5.59. The molecule has 0 unspecified atom stereocenters. The van der Waals surface area contributed by atoms with Gasteiger partial charge in [0.25, 0.3) is 5.91 Å². The van der Waals surface area contributed by atoms with Crippen molar-refractivity contribution in [2.75, 3.05) is 25.0 Å². The number of nitrogens with one attached hydrogen (secondary N) is 2. The number of nitrogens with zero attached hydrogens (tertiary/aromatic N) is 2. The van der Waals surface area contributed by atoms with Crippen LogP contribution in [0.5, 0.6) is 0 Å². The lowest BCUT2D eigenvalue weighted by atomic mass is 9.98. The summed E-state index contributed by atoms with van der Waals surface area (Å²) in [4.78, 5) is 38.6. The van der Waals surface area contributed by atoms with E-state index in [1.807, 2.05) is 0 Å². The predicted octanol–water partition coefficient (Wildman–Crippen LogP) is 2.69. The highest BCUT2D eigenvalue weighted by Gasteiger charge is 2.52. The van der Waals surface area contributed by atoms with E-state index in [0.717, 1.165) is 25.7 Å². The van der Waals surface area contributed by atoms with Gasteiger partial charge in [-0.15, -0.1) is 0 Å². The molecule has 2 N–H and O–H groups in total. The monoisotopic (exact) mass is 476 g/mol. The Hall–Kier alpha value is -2.46. The number of hydrogen-bond acceptors (Lipinski definition) is 5. The minimum atomic E-state index is -3.54. The number of benzene rings is 1. The predicted molar refractivity (Wildman–Crippen MR) is 123 cm³/mol. The van der Waals surface area contributed by atoms with Crippen LogP contribution in [-0.2, 0) is 19.6 Å². The summed E-state index contributed by atoms with van der Waals surface area (Å²) in [6, 6.07) is 5.82. The van der Waals surface area contributed by atoms with Crippen LogP contribution in [-0.4, -0.2) is 60.6 Å². The molecule has 1 saturated carbocycles. The van der Waals surface area contributed by atoms with E-state index in [0.29, 0.717) is 44.0 Å². The third-order valence-electron chi connectivity index (χ3n) is 6.88. The van der Waals surface area contributed by atoms with Gasteiger partial charge < -0.3 is 10.6 Å². The molecule has 10 heteroatoms. The van der Waals surface area contributed by atoms with Crippen molar-refractivity contribution in [1.29, 1.82) is 0 Å². The van der Waals surface area contributed by atoms with Crippen LogP contribution in [0.1, 0.15) is 58.3 Å². The van der Waals surface area contributed by atoms with Gasteiger partial charge in [-0.1, -0.05) is 19.8 Å². The van der Waals surface area contributed by atoms with E-state index in [9.17, 15) is 22.8 Å². The van der Waals surface area contributed by atoms with Gasteiger partial charge in [0.2, 0.25) is 15.9 Å². The van der Waals surface area contributed by atoms with E-state index in [4.69, 9.17) is 0 Å². The van der Waals surface area contributed by atoms with Crippen LogP contribution in [0.4, 0.5) is 10.5 Å². The van der Waals surface area contributed by atoms with Gasteiger partial charge in [0, 0.05) is 31.7 Å². The summed E-state index contributed by atoms with van der Waals surface area (Å²) in [6.07, 6.45) is 5.62. The molecule has 2 heterocycles. The Morgan fingerprint density at radius 2 is 1.85 bits per heavy atom. The molecule has 1 spiro atoms. The van der Waals surface area contributed by atoms with Crippen LogP contribution >= 0.6 is 0 Å². The largest absolute Gasteiger partial charge is 0.326 e. The Morgan fingerprint density at radius 1 is 1.15 bits per heavy atom. The quantitative estimate of drug-likeness (QED) is 0.587. The van der Waals surface area contributed by atoms with E-state index in [-0.39, 0.29) is 35.7 Å². The molecule has 180 valence electrons. The highest BCUT2D eigenvalue weighted by Crippen LogP contribution is 2.35. The summed E-state index contributed by atoms with van der Waals surface area (Å²) >= 11 is 0. The van der Waals surface area contributed by atoms with E-state index in [2.05, 4.69) is 17.6 Å². The Bertz CT molecular complexity index is 1020. The number of anilines is 1. The molecular weight excluding hydrogens is 444 g/mol. The molecule has 1 aromatic rings. The topological polar surface area (TPSA) is 116 Å². The van der Waals surface area contributed by atoms with Crippen LogP contribution in [0.25, 0.3) is 0 Å². The molecule has 0 radical (unpaired) electrons. The van der Waals surface area contributed by atoms with Gasteiger partial charge in [-0.3, -0.25) is 14.5 Å². The number of hydrogen-bond donors (Lipinski definition) is 2. The first-order chi connectivity index (χ1) is 15.7. The highest BCUT2D eigenvalue weighted by atomic mass is 32.2. The standard InChI is InChI=1S/C23H32N4O5S/c1-17-6-4-14-26(16-17)33(31,32)19-10-8-18(9-11-19)24-20(28)7-5-15-27-21(29)23(25-22(27)30)12-2-3-13-23/h8-11,17H,2-7,12-16H2,1H3,(H,24,28)(H,25,30)/t17-/m1/s1. The lowest BCUT2D eigenvalue weighted by Gasteiger charge is -2.30. The van der Waals surface area contributed by atoms with Crippen molar-refractivity contribution in [3.63, 3.8) is 0 Å². The molecule has 1 atom stereocenters. The minimum absolute atomic E-state index is 0.149. The van der Waals surface area contributed by atoms with Gasteiger partial charge in [-0.25, -0.2) is 13.2 Å². The Labute approximate surface area is 194 Å². The Kier molecular flexibility index (Phi) is 6.76. The van der Waals surface area contributed by atoms with Crippen molar-refractivity contribution in [2.45, 2.75) is 68.7 Å². The molecular formula is C23H32N4O5S. The summed E-state index contributed by atoms with van der Waals surface area (Å²) in [6.45, 7) is 3.31. The van der Waals surface area contributed by atoms with Gasteiger partial charge >= 0.3 is 6.03 Å². The lowest BCUT2D eigenvalue weighted by molar-refractivity contribution is -0.131. The molecule has 4 rings (SSSR count). The summed E-state index contributed by atoms with van der Waals surface area (Å²) in [5.74, 6) is -0.0823. The fraction of sp³-hybridized carbons (Fsp3) is 0.609. The zero-order chi connectivity index (χ0) is 23.6. The van der Waals surface area contributed by atoms with E-state index >= 15 is 0 Å². The molecule has 0 aromatic heterocycles. The van der Waals surface area contributed by atoms with Crippen LogP contribution in [0.3, 0.4) is 0 Å². The van der Waals surface area contributed by atoms with Gasteiger partial charge in [-0.05, 0) is 62.3 Å². The maximum absolute atomic E-state index is 12.9. The van der Waals surface area contributed by atoms with Gasteiger partial charge in [0.1, 0.15) is 5.54 Å². The van der Waals surface area contributed by atoms with Crippen molar-refractivity contribution < 1.29 is 22.8 Å². The molecule has 33 heavy (non-hydrogen) atoms. The number of rotatable bonds is 7. The summed E-state index contributed by atoms with van der Waals surface area (Å²) in [7, 11) is -3.54. The first-order valence-electron chi connectivity index (χ1n) is 11.8. The van der Waals surface area contributed by atoms with Gasteiger partial charge in [0.15, 0.2) is 0 Å². The molecule has 3 fully saturated rings. The third kappa shape index (κ3) is 4.91. The molecule has 3 aliphatic rings. The van der Waals surface area contributed by atoms with Crippen molar-refractivity contribution >= 4 is 33.6 Å². The Morgan fingerprint density at radius 3 is 2.52 bits per heavy atom. The van der Waals surface area contributed by atoms with Crippen LogP contribution < -0.4 is 10.6 Å². The molecule has 4 amide bonds. The fourth-order valence-corrected chi connectivity index (χ4v) is 6.64. The number of piperidine rings is 1. The van der Waals surface area contributed by atoms with Crippen molar-refractivity contribution in [1.82, 2.24) is 14.5 Å².